The minimum atomic E-state index is -4.85. The van der Waals surface area contributed by atoms with Gasteiger partial charge in [0.1, 0.15) is 17.2 Å². The van der Waals surface area contributed by atoms with Gasteiger partial charge in [-0.15, -0.1) is 13.2 Å². The number of anilines is 1. The number of nitrogens with two attached hydrogens (primary N) is 1. The number of halogens is 4. The van der Waals surface area contributed by atoms with Crippen LogP contribution in [0.25, 0.3) is 11.0 Å². The van der Waals surface area contributed by atoms with E-state index in [4.69, 9.17) is 10.5 Å². The van der Waals surface area contributed by atoms with Crippen molar-refractivity contribution in [2.45, 2.75) is 37.5 Å². The number of piperidine rings is 1. The lowest BCUT2D eigenvalue weighted by atomic mass is 9.85. The van der Waals surface area contributed by atoms with E-state index in [1.165, 1.54) is 12.3 Å². The molecular weight excluding hydrogens is 480 g/mol. The lowest BCUT2D eigenvalue weighted by Crippen LogP contribution is -2.38. The Labute approximate surface area is 203 Å². The van der Waals surface area contributed by atoms with E-state index in [0.29, 0.717) is 56.3 Å². The average molecular weight is 504 g/mol. The van der Waals surface area contributed by atoms with Crippen LogP contribution in [-0.4, -0.2) is 53.4 Å². The monoisotopic (exact) mass is 504 g/mol. The Morgan fingerprint density at radius 2 is 1.97 bits per heavy atom. The summed E-state index contributed by atoms with van der Waals surface area (Å²) in [4.78, 5) is 22.4. The zero-order valence-corrected chi connectivity index (χ0v) is 19.2. The summed E-state index contributed by atoms with van der Waals surface area (Å²) in [6.45, 7) is 2.07. The van der Waals surface area contributed by atoms with Crippen LogP contribution in [0.5, 0.6) is 5.75 Å². The molecule has 1 aliphatic carbocycles. The highest BCUT2D eigenvalue weighted by molar-refractivity contribution is 5.99. The highest BCUT2D eigenvalue weighted by Crippen LogP contribution is 2.48. The summed E-state index contributed by atoms with van der Waals surface area (Å²) < 4.78 is 62.2. The van der Waals surface area contributed by atoms with Gasteiger partial charge in [0, 0.05) is 47.4 Å². The van der Waals surface area contributed by atoms with Crippen LogP contribution in [0.3, 0.4) is 0 Å². The molecule has 1 amide bonds. The summed E-state index contributed by atoms with van der Waals surface area (Å²) >= 11 is 0. The standard InChI is InChI=1S/C25H24F4N4O3/c26-17-9-31-23-22(21-16-11-35-10-13(16)7-19(21)32-23)20(17)12-3-5-33(6-4-12)24(34)15-2-1-14(8-18(15)30)36-25(27,28)29/h1-2,8-9,12-13,16H,3-7,10-11,30H2,(H,31,32)/t13-,16-/m0/s1. The third-order valence-electron chi connectivity index (χ3n) is 7.65. The maximum absolute atomic E-state index is 15.2. The van der Waals surface area contributed by atoms with Crippen LogP contribution < -0.4 is 10.5 Å². The molecule has 3 N–H and O–H groups in total. The molecule has 3 aromatic rings. The summed E-state index contributed by atoms with van der Waals surface area (Å²) in [5.41, 5.74) is 9.45. The zero-order valence-electron chi connectivity index (χ0n) is 19.2. The van der Waals surface area contributed by atoms with Crippen LogP contribution in [0.1, 0.15) is 51.9 Å². The molecule has 2 aromatic heterocycles. The first-order valence-electron chi connectivity index (χ1n) is 11.9. The lowest BCUT2D eigenvalue weighted by molar-refractivity contribution is -0.274. The van der Waals surface area contributed by atoms with Crippen LogP contribution in [-0.2, 0) is 11.2 Å². The molecule has 7 nitrogen and oxygen atoms in total. The minimum Gasteiger partial charge on any atom is -0.406 e. The van der Waals surface area contributed by atoms with E-state index in [1.54, 1.807) is 4.90 Å². The fourth-order valence-corrected chi connectivity index (χ4v) is 6.06. The Morgan fingerprint density at radius 3 is 2.69 bits per heavy atom. The quantitative estimate of drug-likeness (QED) is 0.405. The van der Waals surface area contributed by atoms with Crippen molar-refractivity contribution in [3.8, 4) is 5.75 Å². The number of nitrogens with zero attached hydrogens (tertiary/aromatic N) is 2. The highest BCUT2D eigenvalue weighted by atomic mass is 19.4. The number of hydrogen-bond acceptors (Lipinski definition) is 5. The fraction of sp³-hybridized carbons (Fsp3) is 0.440. The molecule has 2 fully saturated rings. The van der Waals surface area contributed by atoms with Crippen molar-refractivity contribution in [1.82, 2.24) is 14.9 Å². The van der Waals surface area contributed by atoms with E-state index in [9.17, 15) is 18.0 Å². The van der Waals surface area contributed by atoms with Gasteiger partial charge in [0.05, 0.1) is 25.0 Å². The Bertz CT molecular complexity index is 1350. The number of ether oxygens (including phenoxy) is 2. The predicted octanol–water partition coefficient (Wildman–Crippen LogP) is 4.49. The van der Waals surface area contributed by atoms with Gasteiger partial charge in [0.25, 0.3) is 5.91 Å². The molecule has 0 unspecified atom stereocenters. The second-order valence-electron chi connectivity index (χ2n) is 9.73. The molecule has 2 saturated heterocycles. The number of fused-ring (bicyclic) bond motifs is 5. The summed E-state index contributed by atoms with van der Waals surface area (Å²) in [6.07, 6.45) is -1.63. The van der Waals surface area contributed by atoms with Gasteiger partial charge in [0.2, 0.25) is 0 Å². The number of carbonyl (C=O) groups is 1. The number of aromatic amines is 1. The van der Waals surface area contributed by atoms with Gasteiger partial charge in [0.15, 0.2) is 0 Å². The first kappa shape index (κ1) is 23.1. The van der Waals surface area contributed by atoms with Crippen LogP contribution >= 0.6 is 0 Å². The molecule has 11 heteroatoms. The Balaban J connectivity index is 1.22. The van der Waals surface area contributed by atoms with Crippen molar-refractivity contribution >= 4 is 22.6 Å². The zero-order chi connectivity index (χ0) is 25.2. The molecule has 2 atom stereocenters. The van der Waals surface area contributed by atoms with Gasteiger partial charge in [-0.1, -0.05) is 0 Å². The van der Waals surface area contributed by atoms with Crippen molar-refractivity contribution in [1.29, 1.82) is 0 Å². The molecule has 36 heavy (non-hydrogen) atoms. The van der Waals surface area contributed by atoms with Crippen molar-refractivity contribution < 1.29 is 31.8 Å². The second-order valence-corrected chi connectivity index (χ2v) is 9.73. The molecule has 2 aliphatic heterocycles. The van der Waals surface area contributed by atoms with Crippen molar-refractivity contribution in [2.75, 3.05) is 32.0 Å². The van der Waals surface area contributed by atoms with Crippen molar-refractivity contribution in [3.05, 3.63) is 52.6 Å². The molecule has 0 radical (unpaired) electrons. The summed E-state index contributed by atoms with van der Waals surface area (Å²) in [6, 6.07) is 3.29. The van der Waals surface area contributed by atoms with Gasteiger partial charge in [-0.05, 0) is 48.8 Å². The molecule has 4 heterocycles. The van der Waals surface area contributed by atoms with E-state index < -0.39 is 12.1 Å². The van der Waals surface area contributed by atoms with E-state index in [-0.39, 0.29) is 34.8 Å². The third kappa shape index (κ3) is 3.85. The first-order valence-corrected chi connectivity index (χ1v) is 11.9. The van der Waals surface area contributed by atoms with Crippen LogP contribution in [0.15, 0.2) is 24.4 Å². The number of rotatable bonds is 3. The number of carbonyl (C=O) groups excluding carboxylic acids is 1. The topological polar surface area (TPSA) is 93.5 Å². The van der Waals surface area contributed by atoms with Gasteiger partial charge in [-0.25, -0.2) is 9.37 Å². The summed E-state index contributed by atoms with van der Waals surface area (Å²) in [5.74, 6) is -0.656. The molecule has 6 rings (SSSR count). The van der Waals surface area contributed by atoms with Gasteiger partial charge in [-0.3, -0.25) is 4.79 Å². The van der Waals surface area contributed by atoms with Gasteiger partial charge >= 0.3 is 6.36 Å². The van der Waals surface area contributed by atoms with Crippen molar-refractivity contribution in [2.24, 2.45) is 5.92 Å². The molecule has 190 valence electrons. The van der Waals surface area contributed by atoms with E-state index in [2.05, 4.69) is 14.7 Å². The Kier molecular flexibility index (Phi) is 5.36. The number of nitrogens with one attached hydrogen (secondary N) is 1. The maximum Gasteiger partial charge on any atom is 0.573 e. The predicted molar refractivity (Wildman–Crippen MR) is 122 cm³/mol. The van der Waals surface area contributed by atoms with Crippen molar-refractivity contribution in [3.63, 3.8) is 0 Å². The Morgan fingerprint density at radius 1 is 1.19 bits per heavy atom. The number of alkyl halides is 3. The SMILES string of the molecule is Nc1cc(OC(F)(F)F)ccc1C(=O)N1CCC(c2c(F)cnc3[nH]c4c(c23)[C@H]2COC[C@@H]2C4)CC1. The van der Waals surface area contributed by atoms with E-state index >= 15 is 4.39 Å². The van der Waals surface area contributed by atoms with Crippen LogP contribution in [0, 0.1) is 11.7 Å². The number of benzene rings is 1. The number of H-pyrrole nitrogens is 1. The molecule has 0 saturated carbocycles. The molecule has 0 bridgehead atoms. The largest absolute Gasteiger partial charge is 0.573 e. The van der Waals surface area contributed by atoms with Crippen LogP contribution in [0.2, 0.25) is 0 Å². The molecular formula is C25H24F4N4O3. The second kappa shape index (κ2) is 8.36. The normalized spacial score (nSPS) is 22.2. The summed E-state index contributed by atoms with van der Waals surface area (Å²) in [7, 11) is 0. The lowest BCUT2D eigenvalue weighted by Gasteiger charge is -2.33. The van der Waals surface area contributed by atoms with Gasteiger partial charge < -0.3 is 25.1 Å². The van der Waals surface area contributed by atoms with E-state index in [1.807, 2.05) is 0 Å². The maximum atomic E-state index is 15.2. The number of aromatic nitrogens is 2. The Hall–Kier alpha value is -3.34. The van der Waals surface area contributed by atoms with Gasteiger partial charge in [-0.2, -0.15) is 0 Å². The molecule has 1 aromatic carbocycles. The first-order chi connectivity index (χ1) is 17.2. The average Bonchev–Trinajstić information content (AvgIpc) is 3.49. The minimum absolute atomic E-state index is 0.0954. The highest BCUT2D eigenvalue weighted by Gasteiger charge is 2.41. The third-order valence-corrected chi connectivity index (χ3v) is 7.65. The summed E-state index contributed by atoms with van der Waals surface area (Å²) in [5, 5.41) is 0.859. The number of likely N-dealkylation sites (tertiary alicyclic amines) is 1. The van der Waals surface area contributed by atoms with Crippen LogP contribution in [0.4, 0.5) is 23.2 Å². The smallest absolute Gasteiger partial charge is 0.406 e. The fourth-order valence-electron chi connectivity index (χ4n) is 6.06. The number of amides is 1. The molecule has 0 spiro atoms. The number of nitrogen functional groups attached to an aromatic ring is 1. The number of pyridine rings is 1. The number of hydrogen-bond donors (Lipinski definition) is 2. The molecule has 3 aliphatic rings. The van der Waals surface area contributed by atoms with E-state index in [0.717, 1.165) is 35.2 Å².